The number of piperidine rings is 1. The molecule has 0 aliphatic carbocycles. The zero-order chi connectivity index (χ0) is 13.1. The molecule has 0 unspecified atom stereocenters. The maximum atomic E-state index is 12.0. The third kappa shape index (κ3) is 2.91. The number of hydrogen-bond acceptors (Lipinski definition) is 4. The highest BCUT2D eigenvalue weighted by atomic mass is 16.4. The molecule has 7 heteroatoms. The number of carbonyl (C=O) groups is 2. The number of carboxylic acid groups (broad SMARTS) is 1. The maximum absolute atomic E-state index is 12.0. The average Bonchev–Trinajstić information content (AvgIpc) is 2.73. The number of nitrogens with zero attached hydrogens (tertiary/aromatic N) is 2. The van der Waals surface area contributed by atoms with Crippen molar-refractivity contribution in [3.8, 4) is 0 Å². The fraction of sp³-hybridized carbons (Fsp3) is 0.818. The number of carboxylic acids is 1. The lowest BCUT2D eigenvalue weighted by Crippen LogP contribution is -2.53. The van der Waals surface area contributed by atoms with Gasteiger partial charge in [-0.2, -0.15) is 0 Å². The van der Waals surface area contributed by atoms with Crippen molar-refractivity contribution in [3.63, 3.8) is 0 Å². The predicted octanol–water partition coefficient (Wildman–Crippen LogP) is -0.383. The van der Waals surface area contributed by atoms with E-state index in [9.17, 15) is 14.7 Å². The molecule has 7 nitrogen and oxygen atoms in total. The van der Waals surface area contributed by atoms with Crippen LogP contribution in [0.25, 0.3) is 0 Å². The Morgan fingerprint density at radius 2 is 1.83 bits per heavy atom. The molecule has 0 bridgehead atoms. The van der Waals surface area contributed by atoms with Gasteiger partial charge in [-0.15, -0.1) is 0 Å². The second-order valence-corrected chi connectivity index (χ2v) is 4.86. The fourth-order valence-electron chi connectivity index (χ4n) is 2.48. The number of hydrogen-bond donors (Lipinski definition) is 3. The summed E-state index contributed by atoms with van der Waals surface area (Å²) in [6.07, 6.45) is 2.57. The Hall–Kier alpha value is -1.34. The number of amides is 2. The highest BCUT2D eigenvalue weighted by molar-refractivity contribution is 5.83. The van der Waals surface area contributed by atoms with Crippen LogP contribution in [0.5, 0.6) is 0 Å². The average molecular weight is 257 g/mol. The van der Waals surface area contributed by atoms with Gasteiger partial charge in [-0.1, -0.05) is 6.42 Å². The smallest absolute Gasteiger partial charge is 0.332 e. The molecule has 3 N–H and O–H groups in total. The standard InChI is InChI=1S/C11H19N3O4/c15-8-6-9(10(16)17)14(7-8)11(18)12-13-4-2-1-3-5-13/h8-9,15H,1-7H2,(H,12,18)(H,16,17)/t8-,9-/m1/s1. The summed E-state index contributed by atoms with van der Waals surface area (Å²) >= 11 is 0. The molecule has 0 aromatic heterocycles. The summed E-state index contributed by atoms with van der Waals surface area (Å²) < 4.78 is 0. The molecule has 18 heavy (non-hydrogen) atoms. The van der Waals surface area contributed by atoms with E-state index in [0.29, 0.717) is 0 Å². The van der Waals surface area contributed by atoms with Gasteiger partial charge in [-0.3, -0.25) is 5.43 Å². The van der Waals surface area contributed by atoms with Gasteiger partial charge in [0.15, 0.2) is 0 Å². The normalized spacial score (nSPS) is 29.3. The lowest BCUT2D eigenvalue weighted by Gasteiger charge is -2.30. The minimum atomic E-state index is -1.07. The molecule has 0 saturated carbocycles. The first-order chi connectivity index (χ1) is 8.58. The van der Waals surface area contributed by atoms with Gasteiger partial charge in [-0.05, 0) is 12.8 Å². The monoisotopic (exact) mass is 257 g/mol. The van der Waals surface area contributed by atoms with Crippen molar-refractivity contribution in [2.75, 3.05) is 19.6 Å². The number of nitrogens with one attached hydrogen (secondary N) is 1. The van der Waals surface area contributed by atoms with Crippen LogP contribution in [0.4, 0.5) is 4.79 Å². The van der Waals surface area contributed by atoms with E-state index < -0.39 is 24.1 Å². The molecule has 2 atom stereocenters. The van der Waals surface area contributed by atoms with Crippen molar-refractivity contribution < 1.29 is 19.8 Å². The maximum Gasteiger partial charge on any atom is 0.332 e. The Bertz CT molecular complexity index is 330. The van der Waals surface area contributed by atoms with Crippen LogP contribution in [0.1, 0.15) is 25.7 Å². The number of hydrazine groups is 1. The van der Waals surface area contributed by atoms with E-state index >= 15 is 0 Å². The van der Waals surface area contributed by atoms with Gasteiger partial charge in [0.1, 0.15) is 6.04 Å². The number of likely N-dealkylation sites (tertiary alicyclic amines) is 1. The van der Waals surface area contributed by atoms with Crippen LogP contribution in [0.2, 0.25) is 0 Å². The summed E-state index contributed by atoms with van der Waals surface area (Å²) in [5.74, 6) is -1.07. The summed E-state index contributed by atoms with van der Waals surface area (Å²) in [6, 6.07) is -1.36. The summed E-state index contributed by atoms with van der Waals surface area (Å²) in [5, 5.41) is 20.3. The predicted molar refractivity (Wildman–Crippen MR) is 62.7 cm³/mol. The zero-order valence-electron chi connectivity index (χ0n) is 10.2. The van der Waals surface area contributed by atoms with Crippen molar-refractivity contribution in [1.29, 1.82) is 0 Å². The Morgan fingerprint density at radius 1 is 1.17 bits per heavy atom. The molecule has 2 aliphatic heterocycles. The second-order valence-electron chi connectivity index (χ2n) is 4.86. The SMILES string of the molecule is O=C(O)[C@H]1C[C@@H](O)CN1C(=O)NN1CCCCC1. The molecule has 102 valence electrons. The van der Waals surface area contributed by atoms with Crippen molar-refractivity contribution in [2.45, 2.75) is 37.8 Å². The van der Waals surface area contributed by atoms with Crippen LogP contribution in [0, 0.1) is 0 Å². The fourth-order valence-corrected chi connectivity index (χ4v) is 2.48. The highest BCUT2D eigenvalue weighted by Crippen LogP contribution is 2.18. The van der Waals surface area contributed by atoms with E-state index in [1.54, 1.807) is 0 Å². The van der Waals surface area contributed by atoms with Gasteiger partial charge in [0, 0.05) is 26.1 Å². The largest absolute Gasteiger partial charge is 0.480 e. The van der Waals surface area contributed by atoms with Gasteiger partial charge < -0.3 is 15.1 Å². The minimum Gasteiger partial charge on any atom is -0.480 e. The molecule has 2 aliphatic rings. The number of carbonyl (C=O) groups excluding carboxylic acids is 1. The Kier molecular flexibility index (Phi) is 4.03. The molecule has 2 amide bonds. The minimum absolute atomic E-state index is 0.0800. The van der Waals surface area contributed by atoms with Crippen molar-refractivity contribution >= 4 is 12.0 Å². The Labute approximate surface area is 105 Å². The highest BCUT2D eigenvalue weighted by Gasteiger charge is 2.39. The zero-order valence-corrected chi connectivity index (χ0v) is 10.2. The topological polar surface area (TPSA) is 93.1 Å². The molecule has 0 radical (unpaired) electrons. The summed E-state index contributed by atoms with van der Waals surface area (Å²) in [4.78, 5) is 24.2. The summed E-state index contributed by atoms with van der Waals surface area (Å²) in [6.45, 7) is 1.66. The van der Waals surface area contributed by atoms with Crippen LogP contribution in [0.3, 0.4) is 0 Å². The molecule has 0 spiro atoms. The molecular formula is C11H19N3O4. The van der Waals surface area contributed by atoms with Gasteiger partial charge in [0.05, 0.1) is 6.10 Å². The molecule has 0 aromatic rings. The summed E-state index contributed by atoms with van der Waals surface area (Å²) in [7, 11) is 0. The number of β-amino-alcohol motifs (C(OH)–C–C–N with tert-alkyl or cyclic N) is 1. The van der Waals surface area contributed by atoms with Crippen molar-refractivity contribution in [3.05, 3.63) is 0 Å². The number of rotatable bonds is 2. The lowest BCUT2D eigenvalue weighted by molar-refractivity contribution is -0.141. The molecule has 2 heterocycles. The third-order valence-corrected chi connectivity index (χ3v) is 3.43. The van der Waals surface area contributed by atoms with Crippen LogP contribution in [-0.4, -0.2) is 63.9 Å². The number of urea groups is 1. The molecule has 2 rings (SSSR count). The van der Waals surface area contributed by atoms with Crippen LogP contribution >= 0.6 is 0 Å². The second kappa shape index (κ2) is 5.53. The van der Waals surface area contributed by atoms with E-state index in [0.717, 1.165) is 32.4 Å². The Morgan fingerprint density at radius 3 is 2.44 bits per heavy atom. The first-order valence-corrected chi connectivity index (χ1v) is 6.31. The molecule has 2 saturated heterocycles. The number of aliphatic hydroxyl groups excluding tert-OH is 1. The summed E-state index contributed by atoms with van der Waals surface area (Å²) in [5.41, 5.74) is 2.71. The van der Waals surface area contributed by atoms with Gasteiger partial charge >= 0.3 is 12.0 Å². The molecule has 2 fully saturated rings. The van der Waals surface area contributed by atoms with Crippen LogP contribution in [-0.2, 0) is 4.79 Å². The van der Waals surface area contributed by atoms with Crippen LogP contribution < -0.4 is 5.43 Å². The van der Waals surface area contributed by atoms with Crippen LogP contribution in [0.15, 0.2) is 0 Å². The van der Waals surface area contributed by atoms with Gasteiger partial charge in [0.25, 0.3) is 0 Å². The lowest BCUT2D eigenvalue weighted by atomic mass is 10.2. The first kappa shape index (κ1) is 13.1. The molecular weight excluding hydrogens is 238 g/mol. The number of aliphatic carboxylic acids is 1. The van der Waals surface area contributed by atoms with Crippen molar-refractivity contribution in [1.82, 2.24) is 15.3 Å². The number of aliphatic hydroxyl groups is 1. The van der Waals surface area contributed by atoms with E-state index in [1.165, 1.54) is 4.90 Å². The van der Waals surface area contributed by atoms with E-state index in [-0.39, 0.29) is 13.0 Å². The van der Waals surface area contributed by atoms with E-state index in [1.807, 2.05) is 5.01 Å². The van der Waals surface area contributed by atoms with Crippen molar-refractivity contribution in [2.24, 2.45) is 0 Å². The van der Waals surface area contributed by atoms with E-state index in [2.05, 4.69) is 5.43 Å². The Balaban J connectivity index is 1.92. The van der Waals surface area contributed by atoms with Gasteiger partial charge in [0.2, 0.25) is 0 Å². The van der Waals surface area contributed by atoms with E-state index in [4.69, 9.17) is 5.11 Å². The van der Waals surface area contributed by atoms with Gasteiger partial charge in [-0.25, -0.2) is 14.6 Å². The third-order valence-electron chi connectivity index (χ3n) is 3.43. The first-order valence-electron chi connectivity index (χ1n) is 6.31. The quantitative estimate of drug-likeness (QED) is 0.627. The molecule has 0 aromatic carbocycles.